The summed E-state index contributed by atoms with van der Waals surface area (Å²) in [5.41, 5.74) is 1.28. The average molecular weight is 304 g/mol. The van der Waals surface area contributed by atoms with Gasteiger partial charge in [0, 0.05) is 32.2 Å². The molecule has 0 amide bonds. The minimum absolute atomic E-state index is 0.0224. The van der Waals surface area contributed by atoms with Crippen molar-refractivity contribution < 1.29 is 9.53 Å². The van der Waals surface area contributed by atoms with Crippen LogP contribution in [0.5, 0.6) is 0 Å². The Morgan fingerprint density at radius 1 is 1.32 bits per heavy atom. The summed E-state index contributed by atoms with van der Waals surface area (Å²) in [4.78, 5) is 14.3. The lowest BCUT2D eigenvalue weighted by Crippen LogP contribution is -2.51. The zero-order valence-electron chi connectivity index (χ0n) is 13.9. The predicted molar refractivity (Wildman–Crippen MR) is 88.5 cm³/mol. The molecule has 1 aliphatic rings. The van der Waals surface area contributed by atoms with Crippen molar-refractivity contribution in [2.24, 2.45) is 11.8 Å². The maximum absolute atomic E-state index is 11.9. The largest absolute Gasteiger partial charge is 0.469 e. The summed E-state index contributed by atoms with van der Waals surface area (Å²) < 4.78 is 4.96. The number of esters is 1. The van der Waals surface area contributed by atoms with Crippen molar-refractivity contribution in [3.8, 4) is 0 Å². The third-order valence-electron chi connectivity index (χ3n) is 4.12. The van der Waals surface area contributed by atoms with E-state index in [1.54, 1.807) is 0 Å². The number of nitrogens with one attached hydrogen (secondary N) is 1. The van der Waals surface area contributed by atoms with Crippen molar-refractivity contribution in [3.05, 3.63) is 35.9 Å². The first-order chi connectivity index (χ1) is 10.6. The molecular formula is C18H28N2O2. The number of hydrogen-bond acceptors (Lipinski definition) is 4. The molecule has 0 aliphatic carbocycles. The van der Waals surface area contributed by atoms with Gasteiger partial charge in [-0.2, -0.15) is 0 Å². The fraction of sp³-hybridized carbons (Fsp3) is 0.611. The smallest absolute Gasteiger partial charge is 0.310 e. The summed E-state index contributed by atoms with van der Waals surface area (Å²) in [6, 6.07) is 10.7. The third-order valence-corrected chi connectivity index (χ3v) is 4.12. The second kappa shape index (κ2) is 8.30. The lowest BCUT2D eigenvalue weighted by Gasteiger charge is -2.38. The minimum Gasteiger partial charge on any atom is -0.469 e. The molecule has 4 heteroatoms. The highest BCUT2D eigenvalue weighted by Gasteiger charge is 2.32. The highest BCUT2D eigenvalue weighted by molar-refractivity contribution is 5.72. The van der Waals surface area contributed by atoms with E-state index in [-0.39, 0.29) is 11.9 Å². The number of piperidine rings is 1. The molecule has 2 rings (SSSR count). The highest BCUT2D eigenvalue weighted by Crippen LogP contribution is 2.20. The molecule has 122 valence electrons. The number of benzene rings is 1. The number of nitrogens with zero attached hydrogens (tertiary/aromatic N) is 1. The first kappa shape index (κ1) is 17.0. The number of likely N-dealkylation sites (tertiary alicyclic amines) is 1. The van der Waals surface area contributed by atoms with Gasteiger partial charge in [-0.3, -0.25) is 4.79 Å². The number of methoxy groups -OCH3 is 1. The van der Waals surface area contributed by atoms with E-state index in [4.69, 9.17) is 4.74 Å². The summed E-state index contributed by atoms with van der Waals surface area (Å²) in [5, 5.41) is 3.60. The molecular weight excluding hydrogens is 276 g/mol. The Hall–Kier alpha value is -1.39. The molecule has 1 heterocycles. The maximum Gasteiger partial charge on any atom is 0.310 e. The van der Waals surface area contributed by atoms with Crippen LogP contribution in [0.15, 0.2) is 30.3 Å². The molecule has 1 aliphatic heterocycles. The highest BCUT2D eigenvalue weighted by atomic mass is 16.5. The van der Waals surface area contributed by atoms with Crippen molar-refractivity contribution in [1.82, 2.24) is 10.2 Å². The van der Waals surface area contributed by atoms with Gasteiger partial charge in [0.05, 0.1) is 13.0 Å². The summed E-state index contributed by atoms with van der Waals surface area (Å²) >= 11 is 0. The van der Waals surface area contributed by atoms with Crippen molar-refractivity contribution in [2.75, 3.05) is 26.7 Å². The molecule has 0 radical (unpaired) electrons. The van der Waals surface area contributed by atoms with E-state index in [1.807, 2.05) is 6.07 Å². The second-order valence-corrected chi connectivity index (χ2v) is 6.63. The van der Waals surface area contributed by atoms with Crippen molar-refractivity contribution in [2.45, 2.75) is 32.9 Å². The molecule has 2 unspecified atom stereocenters. The molecule has 0 saturated carbocycles. The lowest BCUT2D eigenvalue weighted by molar-refractivity contribution is -0.147. The third kappa shape index (κ3) is 5.11. The summed E-state index contributed by atoms with van der Waals surface area (Å²) in [5.74, 6) is 0.497. The standard InChI is InChI=1S/C18H28N2O2/c1-14(2)11-20-12-16(18(21)22-3)9-17(13-20)19-10-15-7-5-4-6-8-15/h4-8,14,16-17,19H,9-13H2,1-3H3. The van der Waals surface area contributed by atoms with E-state index in [1.165, 1.54) is 12.7 Å². The number of carbonyl (C=O) groups is 1. The molecule has 4 nitrogen and oxygen atoms in total. The Morgan fingerprint density at radius 2 is 2.05 bits per heavy atom. The Kier molecular flexibility index (Phi) is 6.40. The maximum atomic E-state index is 11.9. The van der Waals surface area contributed by atoms with Crippen LogP contribution in [0.3, 0.4) is 0 Å². The van der Waals surface area contributed by atoms with Crippen LogP contribution in [0, 0.1) is 11.8 Å². The van der Waals surface area contributed by atoms with E-state index in [0.29, 0.717) is 12.0 Å². The fourth-order valence-electron chi connectivity index (χ4n) is 3.20. The van der Waals surface area contributed by atoms with Gasteiger partial charge >= 0.3 is 5.97 Å². The zero-order valence-corrected chi connectivity index (χ0v) is 13.9. The number of ether oxygens (including phenoxy) is 1. The van der Waals surface area contributed by atoms with Gasteiger partial charge in [-0.15, -0.1) is 0 Å². The lowest BCUT2D eigenvalue weighted by atomic mass is 9.93. The van der Waals surface area contributed by atoms with Gasteiger partial charge in [0.2, 0.25) is 0 Å². The van der Waals surface area contributed by atoms with Crippen LogP contribution in [-0.4, -0.2) is 43.7 Å². The van der Waals surface area contributed by atoms with Crippen molar-refractivity contribution >= 4 is 5.97 Å². The molecule has 0 bridgehead atoms. The van der Waals surface area contributed by atoms with Gasteiger partial charge in [-0.05, 0) is 17.9 Å². The monoisotopic (exact) mass is 304 g/mol. The molecule has 1 aromatic carbocycles. The Bertz CT molecular complexity index is 461. The molecule has 1 fully saturated rings. The first-order valence-corrected chi connectivity index (χ1v) is 8.16. The van der Waals surface area contributed by atoms with E-state index in [9.17, 15) is 4.79 Å². The van der Waals surface area contributed by atoms with Crippen molar-refractivity contribution in [3.63, 3.8) is 0 Å². The summed E-state index contributed by atoms with van der Waals surface area (Å²) in [6.45, 7) is 8.11. The van der Waals surface area contributed by atoms with Crippen LogP contribution in [0.2, 0.25) is 0 Å². The van der Waals surface area contributed by atoms with Crippen LogP contribution < -0.4 is 5.32 Å². The average Bonchev–Trinajstić information content (AvgIpc) is 2.52. The van der Waals surface area contributed by atoms with Crippen LogP contribution in [-0.2, 0) is 16.1 Å². The normalized spacial score (nSPS) is 22.7. The molecule has 2 atom stereocenters. The van der Waals surface area contributed by atoms with Crippen LogP contribution in [0.1, 0.15) is 25.8 Å². The fourth-order valence-corrected chi connectivity index (χ4v) is 3.20. The van der Waals surface area contributed by atoms with Gasteiger partial charge in [-0.1, -0.05) is 44.2 Å². The molecule has 1 saturated heterocycles. The van der Waals surface area contributed by atoms with E-state index in [2.05, 4.69) is 48.3 Å². The summed E-state index contributed by atoms with van der Waals surface area (Å²) in [6.07, 6.45) is 0.855. The van der Waals surface area contributed by atoms with E-state index in [0.717, 1.165) is 32.6 Å². The van der Waals surface area contributed by atoms with Crippen LogP contribution in [0.4, 0.5) is 0 Å². The Labute approximate surface area is 133 Å². The van der Waals surface area contributed by atoms with E-state index >= 15 is 0 Å². The molecule has 22 heavy (non-hydrogen) atoms. The molecule has 1 aromatic rings. The van der Waals surface area contributed by atoms with Gasteiger partial charge in [0.15, 0.2) is 0 Å². The van der Waals surface area contributed by atoms with E-state index < -0.39 is 0 Å². The number of hydrogen-bond donors (Lipinski definition) is 1. The SMILES string of the molecule is COC(=O)C1CC(NCc2ccccc2)CN(CC(C)C)C1. The number of rotatable bonds is 6. The first-order valence-electron chi connectivity index (χ1n) is 8.16. The van der Waals surface area contributed by atoms with Crippen molar-refractivity contribution in [1.29, 1.82) is 0 Å². The Balaban J connectivity index is 1.94. The van der Waals surface area contributed by atoms with Gasteiger partial charge < -0.3 is 15.0 Å². The van der Waals surface area contributed by atoms with Crippen LogP contribution in [0.25, 0.3) is 0 Å². The Morgan fingerprint density at radius 3 is 2.68 bits per heavy atom. The molecule has 0 aromatic heterocycles. The zero-order chi connectivity index (χ0) is 15.9. The van der Waals surface area contributed by atoms with Crippen LogP contribution >= 0.6 is 0 Å². The molecule has 1 N–H and O–H groups in total. The quantitative estimate of drug-likeness (QED) is 0.819. The molecule has 0 spiro atoms. The summed E-state index contributed by atoms with van der Waals surface area (Å²) in [7, 11) is 1.48. The number of carbonyl (C=O) groups excluding carboxylic acids is 1. The van der Waals surface area contributed by atoms with Gasteiger partial charge in [-0.25, -0.2) is 0 Å². The minimum atomic E-state index is -0.0834. The van der Waals surface area contributed by atoms with Gasteiger partial charge in [0.25, 0.3) is 0 Å². The topological polar surface area (TPSA) is 41.6 Å². The second-order valence-electron chi connectivity index (χ2n) is 6.63. The van der Waals surface area contributed by atoms with Gasteiger partial charge in [0.1, 0.15) is 0 Å². The predicted octanol–water partition coefficient (Wildman–Crippen LogP) is 2.30.